The van der Waals surface area contributed by atoms with Crippen LogP contribution in [0.3, 0.4) is 0 Å². The molecule has 0 aliphatic carbocycles. The Morgan fingerprint density at radius 2 is 1.75 bits per heavy atom. The van der Waals surface area contributed by atoms with E-state index in [1.807, 2.05) is 0 Å². The van der Waals surface area contributed by atoms with E-state index < -0.39 is 11.9 Å². The monoisotopic (exact) mass is 156 g/mol. The molecule has 1 unspecified atom stereocenters. The molecule has 0 heterocycles. The highest BCUT2D eigenvalue weighted by atomic mass is 32.7. The van der Waals surface area contributed by atoms with E-state index in [1.165, 1.54) is 13.8 Å². The summed E-state index contributed by atoms with van der Waals surface area (Å²) in [6, 6.07) is 0. The summed E-state index contributed by atoms with van der Waals surface area (Å²) in [4.78, 5) is 8.52. The Bertz CT molecular complexity index is 121. The lowest BCUT2D eigenvalue weighted by Gasteiger charge is -2.18. The van der Waals surface area contributed by atoms with E-state index in [9.17, 15) is 4.57 Å². The Morgan fingerprint density at radius 1 is 1.62 bits per heavy atom. The van der Waals surface area contributed by atoms with Crippen molar-refractivity contribution < 1.29 is 14.6 Å². The van der Waals surface area contributed by atoms with Crippen molar-refractivity contribution in [3.63, 3.8) is 0 Å². The van der Waals surface area contributed by atoms with E-state index in [1.54, 1.807) is 0 Å². The minimum absolute atomic E-state index is 1.24. The maximum atomic E-state index is 10.4. The number of aliphatic hydroxyl groups is 1. The highest BCUT2D eigenvalue weighted by molar-refractivity contribution is 8.46. The highest BCUT2D eigenvalue weighted by Crippen LogP contribution is 2.56. The maximum Gasteiger partial charge on any atom is 0.282 e. The molecule has 0 aliphatic rings. The average molecular weight is 156 g/mol. The number of thiol groups is 1. The van der Waals surface area contributed by atoms with Crippen LogP contribution >= 0.6 is 18.8 Å². The molecule has 0 bridgehead atoms. The first-order valence-corrected chi connectivity index (χ1v) is 4.84. The Labute approximate surface area is 53.3 Å². The first kappa shape index (κ1) is 8.50. The van der Waals surface area contributed by atoms with Gasteiger partial charge in [-0.3, -0.25) is 4.57 Å². The fourth-order valence-electron chi connectivity index (χ4n) is 0. The van der Waals surface area contributed by atoms with E-state index in [0.717, 1.165) is 0 Å². The Hall–Kier alpha value is 0.500. The van der Waals surface area contributed by atoms with Crippen LogP contribution in [0.15, 0.2) is 0 Å². The molecule has 3 nitrogen and oxygen atoms in total. The van der Waals surface area contributed by atoms with E-state index in [0.29, 0.717) is 0 Å². The topological polar surface area (TPSA) is 57.5 Å². The molecule has 0 aromatic heterocycles. The summed E-state index contributed by atoms with van der Waals surface area (Å²) in [5, 5.41) is 7.18. The van der Waals surface area contributed by atoms with Gasteiger partial charge >= 0.3 is 0 Å². The lowest BCUT2D eigenvalue weighted by molar-refractivity contribution is 0.153. The van der Waals surface area contributed by atoms with Gasteiger partial charge in [-0.1, -0.05) is 12.2 Å². The van der Waals surface area contributed by atoms with Gasteiger partial charge in [0, 0.05) is 0 Å². The third kappa shape index (κ3) is 2.18. The summed E-state index contributed by atoms with van der Waals surface area (Å²) < 4.78 is 10.4. The second kappa shape index (κ2) is 2.03. The van der Waals surface area contributed by atoms with Gasteiger partial charge in [0.25, 0.3) is 6.57 Å². The summed E-state index contributed by atoms with van der Waals surface area (Å²) >= 11 is 3.30. The van der Waals surface area contributed by atoms with Crippen LogP contribution in [0.1, 0.15) is 13.8 Å². The average Bonchev–Trinajstić information content (AvgIpc) is 1.25. The summed E-state index contributed by atoms with van der Waals surface area (Å²) in [7, 11) is 0. The van der Waals surface area contributed by atoms with Crippen molar-refractivity contribution in [3.8, 4) is 0 Å². The summed E-state index contributed by atoms with van der Waals surface area (Å²) in [5.41, 5.74) is 0. The Kier molecular flexibility index (Phi) is 2.15. The van der Waals surface area contributed by atoms with Gasteiger partial charge in [0.05, 0.1) is 0 Å². The zero-order valence-corrected chi connectivity index (χ0v) is 6.49. The molecule has 0 saturated carbocycles. The van der Waals surface area contributed by atoms with Crippen molar-refractivity contribution in [1.29, 1.82) is 0 Å². The van der Waals surface area contributed by atoms with E-state index >= 15 is 0 Å². The second-order valence-electron chi connectivity index (χ2n) is 2.04. The summed E-state index contributed by atoms with van der Waals surface area (Å²) in [6.07, 6.45) is 0. The van der Waals surface area contributed by atoms with Crippen molar-refractivity contribution in [3.05, 3.63) is 0 Å². The molecule has 5 heteroatoms. The summed E-state index contributed by atoms with van der Waals surface area (Å²) in [5.74, 6) is 0. The van der Waals surface area contributed by atoms with Crippen LogP contribution in [0.25, 0.3) is 0 Å². The Morgan fingerprint density at radius 3 is 1.75 bits per heavy atom. The lowest BCUT2D eigenvalue weighted by Crippen LogP contribution is -2.15. The first-order chi connectivity index (χ1) is 3.25. The fraction of sp³-hybridized carbons (Fsp3) is 1.00. The molecule has 0 saturated heterocycles. The molecule has 0 radical (unpaired) electrons. The molecule has 8 heavy (non-hydrogen) atoms. The van der Waals surface area contributed by atoms with Crippen molar-refractivity contribution >= 4 is 18.8 Å². The van der Waals surface area contributed by atoms with Crippen molar-refractivity contribution in [2.75, 3.05) is 0 Å². The Balaban J connectivity index is 4.26. The zero-order chi connectivity index (χ0) is 7.00. The minimum Gasteiger partial charge on any atom is -0.379 e. The molecule has 0 spiro atoms. The molecule has 0 aromatic rings. The predicted octanol–water partition coefficient (Wildman–Crippen LogP) is 0.830. The molecule has 1 atom stereocenters. The largest absolute Gasteiger partial charge is 0.379 e. The van der Waals surface area contributed by atoms with E-state index in [4.69, 9.17) is 10.00 Å². The van der Waals surface area contributed by atoms with Crippen LogP contribution < -0.4 is 0 Å². The standard InChI is InChI=1S/C3H9O3PS/c1-3(2,4)7(5,6)8/h4H,1-2H3,(H2,5,6,8). The molecule has 0 aliphatic heterocycles. The van der Waals surface area contributed by atoms with Gasteiger partial charge in [0.15, 0.2) is 0 Å². The SMILES string of the molecule is CC(C)(O)P(=O)(O)S. The lowest BCUT2D eigenvalue weighted by atomic mass is 10.5. The van der Waals surface area contributed by atoms with Gasteiger partial charge in [-0.25, -0.2) is 0 Å². The third-order valence-electron chi connectivity index (χ3n) is 0.713. The van der Waals surface area contributed by atoms with Crippen molar-refractivity contribution in [2.45, 2.75) is 19.2 Å². The van der Waals surface area contributed by atoms with Crippen LogP contribution in [0.5, 0.6) is 0 Å². The molecule has 0 fully saturated rings. The van der Waals surface area contributed by atoms with E-state index in [2.05, 4.69) is 12.2 Å². The van der Waals surface area contributed by atoms with Gasteiger partial charge in [0.1, 0.15) is 5.34 Å². The third-order valence-corrected chi connectivity index (χ3v) is 3.61. The zero-order valence-electron chi connectivity index (χ0n) is 4.70. The highest BCUT2D eigenvalue weighted by Gasteiger charge is 2.32. The molecule has 2 N–H and O–H groups in total. The number of hydrogen-bond acceptors (Lipinski definition) is 2. The summed E-state index contributed by atoms with van der Waals surface area (Å²) in [6.45, 7) is -1.13. The van der Waals surface area contributed by atoms with Gasteiger partial charge < -0.3 is 10.00 Å². The quantitative estimate of drug-likeness (QED) is 0.389. The van der Waals surface area contributed by atoms with Crippen LogP contribution in [0, 0.1) is 0 Å². The molecular formula is C3H9O3PS. The predicted molar refractivity (Wildman–Crippen MR) is 35.1 cm³/mol. The molecule has 0 rings (SSSR count). The van der Waals surface area contributed by atoms with Crippen molar-refractivity contribution in [1.82, 2.24) is 0 Å². The maximum absolute atomic E-state index is 10.4. The van der Waals surface area contributed by atoms with Gasteiger partial charge in [-0.2, -0.15) is 0 Å². The number of hydrogen-bond donors (Lipinski definition) is 3. The minimum atomic E-state index is -3.60. The van der Waals surface area contributed by atoms with Crippen LogP contribution in [0.4, 0.5) is 0 Å². The second-order valence-corrected chi connectivity index (χ2v) is 5.85. The number of rotatable bonds is 1. The molecule has 50 valence electrons. The fourth-order valence-corrected chi connectivity index (χ4v) is 0. The van der Waals surface area contributed by atoms with Gasteiger partial charge in [0.2, 0.25) is 0 Å². The van der Waals surface area contributed by atoms with Crippen LogP contribution in [-0.4, -0.2) is 15.3 Å². The van der Waals surface area contributed by atoms with E-state index in [-0.39, 0.29) is 0 Å². The van der Waals surface area contributed by atoms with Gasteiger partial charge in [-0.05, 0) is 13.8 Å². The van der Waals surface area contributed by atoms with Crippen LogP contribution in [0.2, 0.25) is 0 Å². The molecular weight excluding hydrogens is 147 g/mol. The smallest absolute Gasteiger partial charge is 0.282 e. The first-order valence-electron chi connectivity index (χ1n) is 2.03. The van der Waals surface area contributed by atoms with Crippen molar-refractivity contribution in [2.24, 2.45) is 0 Å². The molecule has 0 amide bonds. The van der Waals surface area contributed by atoms with Gasteiger partial charge in [-0.15, -0.1) is 0 Å². The molecule has 0 aromatic carbocycles. The normalized spacial score (nSPS) is 20.1. The van der Waals surface area contributed by atoms with Crippen LogP contribution in [-0.2, 0) is 4.57 Å².